The van der Waals surface area contributed by atoms with Gasteiger partial charge in [-0.1, -0.05) is 0 Å². The van der Waals surface area contributed by atoms with Crippen LogP contribution >= 0.6 is 0 Å². The Balaban J connectivity index is 1.94. The molecule has 2 aromatic heterocycles. The minimum atomic E-state index is -1.10. The van der Waals surface area contributed by atoms with E-state index in [4.69, 9.17) is 5.11 Å². The van der Waals surface area contributed by atoms with Crippen molar-refractivity contribution in [1.29, 1.82) is 0 Å². The molecular weight excluding hydrogens is 274 g/mol. The van der Waals surface area contributed by atoms with Gasteiger partial charge in [0.1, 0.15) is 0 Å². The lowest BCUT2D eigenvalue weighted by molar-refractivity contribution is 0.0696. The smallest absolute Gasteiger partial charge is 0.337 e. The van der Waals surface area contributed by atoms with E-state index in [-0.39, 0.29) is 5.56 Å². The summed E-state index contributed by atoms with van der Waals surface area (Å²) in [4.78, 5) is 26.3. The number of urea groups is 1. The number of aromatic nitrogens is 3. The Kier molecular flexibility index (Phi) is 4.17. The molecule has 0 radical (unpaired) electrons. The van der Waals surface area contributed by atoms with E-state index in [1.807, 2.05) is 14.0 Å². The van der Waals surface area contributed by atoms with Crippen molar-refractivity contribution in [1.82, 2.24) is 20.1 Å². The third-order valence-corrected chi connectivity index (χ3v) is 3.02. The number of aryl methyl sites for hydroxylation is 1. The van der Waals surface area contributed by atoms with Crippen molar-refractivity contribution < 1.29 is 14.7 Å². The zero-order valence-electron chi connectivity index (χ0n) is 11.6. The standard InChI is InChI=1S/C13H15N5O3/c1-8-10(6-16-18(8)2)5-15-13(21)17-11-3-9(12(19)20)4-14-7-11/h3-4,6-7H,5H2,1-2H3,(H,19,20)(H2,15,17,21). The van der Waals surface area contributed by atoms with Gasteiger partial charge in [0.05, 0.1) is 23.6 Å². The molecule has 0 aliphatic carbocycles. The van der Waals surface area contributed by atoms with E-state index in [9.17, 15) is 9.59 Å². The maximum Gasteiger partial charge on any atom is 0.337 e. The summed E-state index contributed by atoms with van der Waals surface area (Å²) in [6, 6.07) is 0.895. The SMILES string of the molecule is Cc1c(CNC(=O)Nc2cncc(C(=O)O)c2)cnn1C. The highest BCUT2D eigenvalue weighted by Crippen LogP contribution is 2.09. The minimum absolute atomic E-state index is 0.0101. The number of nitrogens with zero attached hydrogens (tertiary/aromatic N) is 3. The molecule has 110 valence electrons. The highest BCUT2D eigenvalue weighted by molar-refractivity contribution is 5.92. The summed E-state index contributed by atoms with van der Waals surface area (Å²) >= 11 is 0. The third kappa shape index (κ3) is 3.56. The number of nitrogens with one attached hydrogen (secondary N) is 2. The minimum Gasteiger partial charge on any atom is -0.478 e. The number of carbonyl (C=O) groups is 2. The average molecular weight is 289 g/mol. The van der Waals surface area contributed by atoms with E-state index in [1.165, 1.54) is 18.5 Å². The number of aromatic carboxylic acids is 1. The molecule has 0 fully saturated rings. The quantitative estimate of drug-likeness (QED) is 0.782. The molecule has 0 saturated heterocycles. The van der Waals surface area contributed by atoms with Gasteiger partial charge < -0.3 is 15.7 Å². The van der Waals surface area contributed by atoms with E-state index in [0.29, 0.717) is 12.2 Å². The molecule has 0 aromatic carbocycles. The van der Waals surface area contributed by atoms with Crippen LogP contribution in [-0.4, -0.2) is 31.9 Å². The molecule has 3 N–H and O–H groups in total. The molecule has 21 heavy (non-hydrogen) atoms. The number of anilines is 1. The maximum atomic E-state index is 11.8. The number of rotatable bonds is 4. The summed E-state index contributed by atoms with van der Waals surface area (Å²) in [6.07, 6.45) is 4.27. The van der Waals surface area contributed by atoms with Crippen LogP contribution in [0.4, 0.5) is 10.5 Å². The van der Waals surface area contributed by atoms with E-state index in [1.54, 1.807) is 10.9 Å². The van der Waals surface area contributed by atoms with Crippen molar-refractivity contribution in [2.75, 3.05) is 5.32 Å². The molecule has 2 heterocycles. The van der Waals surface area contributed by atoms with Gasteiger partial charge >= 0.3 is 12.0 Å². The van der Waals surface area contributed by atoms with Crippen LogP contribution < -0.4 is 10.6 Å². The lowest BCUT2D eigenvalue weighted by Crippen LogP contribution is -2.28. The van der Waals surface area contributed by atoms with Crippen LogP contribution in [-0.2, 0) is 13.6 Å². The van der Waals surface area contributed by atoms with Gasteiger partial charge in [-0.05, 0) is 13.0 Å². The second-order valence-electron chi connectivity index (χ2n) is 4.45. The predicted molar refractivity (Wildman–Crippen MR) is 75.0 cm³/mol. The van der Waals surface area contributed by atoms with Crippen LogP contribution in [0.25, 0.3) is 0 Å². The first-order chi connectivity index (χ1) is 9.97. The molecule has 8 nitrogen and oxygen atoms in total. The Morgan fingerprint density at radius 3 is 2.71 bits per heavy atom. The number of pyridine rings is 1. The molecule has 0 spiro atoms. The first-order valence-electron chi connectivity index (χ1n) is 6.18. The van der Waals surface area contributed by atoms with Crippen molar-refractivity contribution in [3.05, 3.63) is 41.5 Å². The lowest BCUT2D eigenvalue weighted by Gasteiger charge is -2.07. The average Bonchev–Trinajstić information content (AvgIpc) is 2.77. The molecule has 2 aromatic rings. The Hall–Kier alpha value is -2.90. The maximum absolute atomic E-state index is 11.8. The van der Waals surface area contributed by atoms with E-state index in [0.717, 1.165) is 11.3 Å². The fourth-order valence-corrected chi connectivity index (χ4v) is 1.69. The van der Waals surface area contributed by atoms with Gasteiger partial charge in [0, 0.05) is 31.0 Å². The lowest BCUT2D eigenvalue weighted by atomic mass is 10.2. The topological polar surface area (TPSA) is 109 Å². The van der Waals surface area contributed by atoms with E-state index >= 15 is 0 Å². The van der Waals surface area contributed by atoms with Gasteiger partial charge in [-0.2, -0.15) is 5.10 Å². The fraction of sp³-hybridized carbons (Fsp3) is 0.231. The predicted octanol–water partition coefficient (Wildman–Crippen LogP) is 1.14. The highest BCUT2D eigenvalue weighted by Gasteiger charge is 2.08. The Morgan fingerprint density at radius 1 is 1.33 bits per heavy atom. The molecule has 0 bridgehead atoms. The summed E-state index contributed by atoms with van der Waals surface area (Å²) in [5.74, 6) is -1.10. The van der Waals surface area contributed by atoms with Crippen molar-refractivity contribution in [2.45, 2.75) is 13.5 Å². The van der Waals surface area contributed by atoms with Gasteiger partial charge in [0.15, 0.2) is 0 Å². The molecule has 0 atom stereocenters. The van der Waals surface area contributed by atoms with Crippen LogP contribution in [0.3, 0.4) is 0 Å². The molecule has 0 aliphatic rings. The van der Waals surface area contributed by atoms with Crippen molar-refractivity contribution in [3.8, 4) is 0 Å². The number of hydrogen-bond acceptors (Lipinski definition) is 4. The third-order valence-electron chi connectivity index (χ3n) is 3.02. The number of carboxylic acid groups (broad SMARTS) is 1. The first kappa shape index (κ1) is 14.5. The molecule has 0 aliphatic heterocycles. The van der Waals surface area contributed by atoms with Crippen LogP contribution in [0.15, 0.2) is 24.7 Å². The number of hydrogen-bond donors (Lipinski definition) is 3. The largest absolute Gasteiger partial charge is 0.478 e. The number of amides is 2. The van der Waals surface area contributed by atoms with Crippen LogP contribution in [0.5, 0.6) is 0 Å². The zero-order valence-corrected chi connectivity index (χ0v) is 11.6. The Bertz CT molecular complexity index is 680. The van der Waals surface area contributed by atoms with Gasteiger partial charge in [0.25, 0.3) is 0 Å². The Morgan fingerprint density at radius 2 is 2.10 bits per heavy atom. The highest BCUT2D eigenvalue weighted by atomic mass is 16.4. The summed E-state index contributed by atoms with van der Waals surface area (Å²) in [5, 5.41) is 18.1. The van der Waals surface area contributed by atoms with Gasteiger partial charge in [0.2, 0.25) is 0 Å². The monoisotopic (exact) mass is 289 g/mol. The van der Waals surface area contributed by atoms with Crippen molar-refractivity contribution >= 4 is 17.7 Å². The summed E-state index contributed by atoms with van der Waals surface area (Å²) in [7, 11) is 1.82. The van der Waals surface area contributed by atoms with E-state index < -0.39 is 12.0 Å². The molecule has 2 rings (SSSR count). The molecule has 0 saturated carbocycles. The van der Waals surface area contributed by atoms with E-state index in [2.05, 4.69) is 20.7 Å². The van der Waals surface area contributed by atoms with Crippen LogP contribution in [0.2, 0.25) is 0 Å². The second kappa shape index (κ2) is 6.04. The molecule has 2 amide bonds. The van der Waals surface area contributed by atoms with Crippen LogP contribution in [0.1, 0.15) is 21.6 Å². The Labute approximate surface area is 120 Å². The van der Waals surface area contributed by atoms with Gasteiger partial charge in [-0.25, -0.2) is 9.59 Å². The summed E-state index contributed by atoms with van der Waals surface area (Å²) < 4.78 is 1.72. The normalized spacial score (nSPS) is 10.2. The van der Waals surface area contributed by atoms with Crippen molar-refractivity contribution in [2.24, 2.45) is 7.05 Å². The number of carbonyl (C=O) groups excluding carboxylic acids is 1. The fourth-order valence-electron chi connectivity index (χ4n) is 1.69. The van der Waals surface area contributed by atoms with Gasteiger partial charge in [-0.3, -0.25) is 9.67 Å². The van der Waals surface area contributed by atoms with Crippen molar-refractivity contribution in [3.63, 3.8) is 0 Å². The first-order valence-corrected chi connectivity index (χ1v) is 6.18. The molecule has 8 heteroatoms. The second-order valence-corrected chi connectivity index (χ2v) is 4.45. The number of carboxylic acids is 1. The zero-order chi connectivity index (χ0) is 15.4. The van der Waals surface area contributed by atoms with Gasteiger partial charge in [-0.15, -0.1) is 0 Å². The molecular formula is C13H15N5O3. The van der Waals surface area contributed by atoms with Crippen LogP contribution in [0, 0.1) is 6.92 Å². The summed E-state index contributed by atoms with van der Waals surface area (Å²) in [5.41, 5.74) is 2.20. The molecule has 0 unspecified atom stereocenters. The summed E-state index contributed by atoms with van der Waals surface area (Å²) in [6.45, 7) is 2.24.